The Balaban J connectivity index is 1.32. The van der Waals surface area contributed by atoms with E-state index in [4.69, 9.17) is 9.47 Å². The molecule has 226 valence electrons. The standard InChI is InChI=1S/C40H42O4/c1-2-43-39(42)37(38(41)29-14-3-7-18-31-20-17-21-32-19-15-16-28-36(31)32)30-44-40(33-22-8-4-9-23-33,34-24-10-5-11-25-34)35-26-12-6-13-27-35/h4-6,8-13,15-17,19-28,37-38,41H,2-3,7,14,18,29-30H2,1H3/t37-,38+/m1/s1. The summed E-state index contributed by atoms with van der Waals surface area (Å²) in [5.41, 5.74) is 3.21. The Bertz CT molecular complexity index is 1480. The van der Waals surface area contributed by atoms with Crippen molar-refractivity contribution < 1.29 is 19.4 Å². The van der Waals surface area contributed by atoms with E-state index >= 15 is 0 Å². The van der Waals surface area contributed by atoms with Crippen molar-refractivity contribution in [2.24, 2.45) is 5.92 Å². The molecular formula is C40H42O4. The molecule has 0 aliphatic heterocycles. The fourth-order valence-electron chi connectivity index (χ4n) is 6.13. The van der Waals surface area contributed by atoms with Gasteiger partial charge in [0.2, 0.25) is 0 Å². The van der Waals surface area contributed by atoms with E-state index in [9.17, 15) is 9.90 Å². The third-order valence-corrected chi connectivity index (χ3v) is 8.40. The van der Waals surface area contributed by atoms with Gasteiger partial charge in [0.05, 0.1) is 19.3 Å². The Hall–Kier alpha value is -4.25. The zero-order valence-electron chi connectivity index (χ0n) is 25.5. The van der Waals surface area contributed by atoms with Gasteiger partial charge in [0.1, 0.15) is 11.5 Å². The Morgan fingerprint density at radius 2 is 1.23 bits per heavy atom. The smallest absolute Gasteiger partial charge is 0.313 e. The molecule has 0 radical (unpaired) electrons. The number of aliphatic hydroxyl groups is 1. The van der Waals surface area contributed by atoms with E-state index < -0.39 is 23.6 Å². The van der Waals surface area contributed by atoms with Crippen LogP contribution >= 0.6 is 0 Å². The van der Waals surface area contributed by atoms with Gasteiger partial charge < -0.3 is 14.6 Å². The summed E-state index contributed by atoms with van der Waals surface area (Å²) in [6, 6.07) is 45.1. The molecule has 0 amide bonds. The normalized spacial score (nSPS) is 13.0. The largest absolute Gasteiger partial charge is 0.466 e. The van der Waals surface area contributed by atoms with Crippen molar-refractivity contribution >= 4 is 16.7 Å². The highest BCUT2D eigenvalue weighted by Crippen LogP contribution is 2.41. The molecule has 0 saturated heterocycles. The van der Waals surface area contributed by atoms with Gasteiger partial charge in [-0.05, 0) is 59.2 Å². The maximum atomic E-state index is 13.2. The Labute approximate surface area is 261 Å². The van der Waals surface area contributed by atoms with Crippen LogP contribution in [0.2, 0.25) is 0 Å². The van der Waals surface area contributed by atoms with Crippen LogP contribution in [-0.2, 0) is 26.3 Å². The van der Waals surface area contributed by atoms with Crippen LogP contribution in [0.4, 0.5) is 0 Å². The second-order valence-corrected chi connectivity index (χ2v) is 11.3. The average molecular weight is 587 g/mol. The van der Waals surface area contributed by atoms with Crippen LogP contribution in [0.15, 0.2) is 133 Å². The van der Waals surface area contributed by atoms with E-state index in [1.807, 2.05) is 91.0 Å². The lowest BCUT2D eigenvalue weighted by Gasteiger charge is -2.37. The minimum atomic E-state index is -0.979. The number of hydrogen-bond acceptors (Lipinski definition) is 4. The molecule has 0 aliphatic rings. The summed E-state index contributed by atoms with van der Waals surface area (Å²) >= 11 is 0. The first-order valence-corrected chi connectivity index (χ1v) is 15.8. The molecule has 2 atom stereocenters. The van der Waals surface area contributed by atoms with Crippen molar-refractivity contribution in [2.75, 3.05) is 13.2 Å². The molecule has 0 aromatic heterocycles. The molecule has 0 unspecified atom stereocenters. The molecule has 4 nitrogen and oxygen atoms in total. The number of carbonyl (C=O) groups is 1. The van der Waals surface area contributed by atoms with Crippen LogP contribution in [0.3, 0.4) is 0 Å². The summed E-state index contributed by atoms with van der Waals surface area (Å²) < 4.78 is 12.4. The van der Waals surface area contributed by atoms with Crippen molar-refractivity contribution in [1.29, 1.82) is 0 Å². The summed E-state index contributed by atoms with van der Waals surface area (Å²) in [7, 11) is 0. The number of unbranched alkanes of at least 4 members (excludes halogenated alkanes) is 2. The molecule has 5 rings (SSSR count). The maximum Gasteiger partial charge on any atom is 0.313 e. The van der Waals surface area contributed by atoms with Crippen LogP contribution in [0.25, 0.3) is 10.8 Å². The highest BCUT2D eigenvalue weighted by molar-refractivity contribution is 5.85. The number of benzene rings is 5. The number of aliphatic hydroxyl groups excluding tert-OH is 1. The minimum Gasteiger partial charge on any atom is -0.466 e. The quantitative estimate of drug-likeness (QED) is 0.0759. The predicted molar refractivity (Wildman–Crippen MR) is 177 cm³/mol. The zero-order valence-corrected chi connectivity index (χ0v) is 25.5. The molecule has 0 bridgehead atoms. The summed E-state index contributed by atoms with van der Waals surface area (Å²) in [5.74, 6) is -1.25. The summed E-state index contributed by atoms with van der Waals surface area (Å²) in [4.78, 5) is 13.2. The van der Waals surface area contributed by atoms with Crippen molar-refractivity contribution in [2.45, 2.75) is 50.7 Å². The van der Waals surface area contributed by atoms with E-state index in [0.717, 1.165) is 42.4 Å². The third-order valence-electron chi connectivity index (χ3n) is 8.40. The number of hydrogen-bond donors (Lipinski definition) is 1. The number of esters is 1. The maximum absolute atomic E-state index is 13.2. The monoisotopic (exact) mass is 586 g/mol. The molecule has 0 spiro atoms. The number of ether oxygens (including phenoxy) is 2. The van der Waals surface area contributed by atoms with Gasteiger partial charge in [-0.15, -0.1) is 0 Å². The summed E-state index contributed by atoms with van der Waals surface area (Å²) in [5, 5.41) is 14.0. The van der Waals surface area contributed by atoms with Crippen molar-refractivity contribution in [1.82, 2.24) is 0 Å². The molecule has 0 heterocycles. The van der Waals surface area contributed by atoms with Gasteiger partial charge >= 0.3 is 5.97 Å². The second kappa shape index (κ2) is 15.5. The van der Waals surface area contributed by atoms with Crippen LogP contribution < -0.4 is 0 Å². The van der Waals surface area contributed by atoms with Crippen molar-refractivity contribution in [3.05, 3.63) is 156 Å². The van der Waals surface area contributed by atoms with E-state index in [-0.39, 0.29) is 13.2 Å². The van der Waals surface area contributed by atoms with Gasteiger partial charge in [0.15, 0.2) is 0 Å². The predicted octanol–water partition coefficient (Wildman–Crippen LogP) is 8.49. The van der Waals surface area contributed by atoms with E-state index in [2.05, 4.69) is 42.5 Å². The van der Waals surface area contributed by atoms with Crippen LogP contribution in [0.1, 0.15) is 54.9 Å². The minimum absolute atomic E-state index is 0.00862. The lowest BCUT2D eigenvalue weighted by Crippen LogP contribution is -2.40. The highest BCUT2D eigenvalue weighted by atomic mass is 16.5. The first kappa shape index (κ1) is 31.2. The van der Waals surface area contributed by atoms with Crippen LogP contribution in [-0.4, -0.2) is 30.4 Å². The topological polar surface area (TPSA) is 55.8 Å². The SMILES string of the molecule is CCOC(=O)[C@H](COC(c1ccccc1)(c1ccccc1)c1ccccc1)[C@@H](O)CCCCCc1cccc2ccccc12. The third kappa shape index (κ3) is 7.27. The Kier molecular flexibility index (Phi) is 11.0. The van der Waals surface area contributed by atoms with E-state index in [1.54, 1.807) is 6.92 Å². The number of carbonyl (C=O) groups excluding carboxylic acids is 1. The molecular weight excluding hydrogens is 544 g/mol. The molecule has 0 aliphatic carbocycles. The van der Waals surface area contributed by atoms with Crippen molar-refractivity contribution in [3.8, 4) is 0 Å². The second-order valence-electron chi connectivity index (χ2n) is 11.3. The highest BCUT2D eigenvalue weighted by Gasteiger charge is 2.40. The van der Waals surface area contributed by atoms with Gasteiger partial charge in [0, 0.05) is 0 Å². The van der Waals surface area contributed by atoms with Gasteiger partial charge in [0.25, 0.3) is 0 Å². The first-order chi connectivity index (χ1) is 21.6. The lowest BCUT2D eigenvalue weighted by atomic mass is 9.80. The van der Waals surface area contributed by atoms with Crippen molar-refractivity contribution in [3.63, 3.8) is 0 Å². The van der Waals surface area contributed by atoms with E-state index in [1.165, 1.54) is 16.3 Å². The molecule has 4 heteroatoms. The average Bonchev–Trinajstić information content (AvgIpc) is 3.08. The lowest BCUT2D eigenvalue weighted by molar-refractivity contribution is -0.157. The fraction of sp³-hybridized carbons (Fsp3) is 0.275. The summed E-state index contributed by atoms with van der Waals surface area (Å²) in [6.07, 6.45) is 3.38. The molecule has 0 saturated carbocycles. The Morgan fingerprint density at radius 3 is 1.82 bits per heavy atom. The zero-order chi connectivity index (χ0) is 30.6. The van der Waals surface area contributed by atoms with Crippen LogP contribution in [0.5, 0.6) is 0 Å². The molecule has 5 aromatic rings. The molecule has 1 N–H and O–H groups in total. The van der Waals surface area contributed by atoms with Crippen LogP contribution in [0, 0.1) is 5.92 Å². The van der Waals surface area contributed by atoms with Gasteiger partial charge in [-0.25, -0.2) is 0 Å². The fourth-order valence-corrected chi connectivity index (χ4v) is 6.13. The molecule has 44 heavy (non-hydrogen) atoms. The molecule has 0 fully saturated rings. The van der Waals surface area contributed by atoms with Gasteiger partial charge in [-0.1, -0.05) is 146 Å². The Morgan fingerprint density at radius 1 is 0.682 bits per heavy atom. The molecule has 5 aromatic carbocycles. The van der Waals surface area contributed by atoms with Gasteiger partial charge in [-0.3, -0.25) is 4.79 Å². The number of rotatable bonds is 15. The first-order valence-electron chi connectivity index (χ1n) is 15.8. The number of fused-ring (bicyclic) bond motifs is 1. The van der Waals surface area contributed by atoms with E-state index in [0.29, 0.717) is 6.42 Å². The number of aryl methyl sites for hydroxylation is 1. The van der Waals surface area contributed by atoms with Gasteiger partial charge in [-0.2, -0.15) is 0 Å². The summed E-state index contributed by atoms with van der Waals surface area (Å²) in [6.45, 7) is 2.04.